The van der Waals surface area contributed by atoms with Gasteiger partial charge < -0.3 is 15.2 Å². The molecule has 1 aliphatic heterocycles. The number of aromatic nitrogens is 1. The van der Waals surface area contributed by atoms with E-state index in [4.69, 9.17) is 0 Å². The van der Waals surface area contributed by atoms with Gasteiger partial charge in [-0.2, -0.15) is 0 Å². The van der Waals surface area contributed by atoms with Gasteiger partial charge in [-0.3, -0.25) is 9.59 Å². The number of halogens is 1. The number of H-pyrrole nitrogens is 1. The minimum absolute atomic E-state index is 0.0198. The van der Waals surface area contributed by atoms with Crippen molar-refractivity contribution in [1.29, 1.82) is 0 Å². The predicted octanol–water partition coefficient (Wildman–Crippen LogP) is 1.97. The van der Waals surface area contributed by atoms with Crippen LogP contribution in [0, 0.1) is 19.7 Å². The standard InChI is InChI=1S/C23H28FN5O5S/c1-5-28(6-2)10-9-25-21(30)20-13(3)18(26-14(20)4)12-17-16-11-15(24)7-8-19(16)29(22(17)31)23(32)27-35(33)34/h7-8,11-12,26,35H,5-6,9-10H2,1-4H3,(H,25,30)(H,27,32,33,34)/b17-12-. The number of aryl methyl sites for hydroxylation is 1. The number of carbonyl (C=O) groups is 3. The highest BCUT2D eigenvalue weighted by Gasteiger charge is 2.37. The third-order valence-corrected chi connectivity index (χ3v) is 6.29. The van der Waals surface area contributed by atoms with Gasteiger partial charge in [-0.1, -0.05) is 13.8 Å². The molecule has 3 rings (SSSR count). The minimum atomic E-state index is -3.30. The summed E-state index contributed by atoms with van der Waals surface area (Å²) in [5.41, 5.74) is 2.18. The van der Waals surface area contributed by atoms with Crippen molar-refractivity contribution in [3.63, 3.8) is 0 Å². The van der Waals surface area contributed by atoms with Crippen molar-refractivity contribution in [3.05, 3.63) is 52.1 Å². The second-order valence-corrected chi connectivity index (χ2v) is 8.72. The number of nitrogens with one attached hydrogen (secondary N) is 3. The van der Waals surface area contributed by atoms with Crippen LogP contribution in [0.15, 0.2) is 18.2 Å². The SMILES string of the molecule is CCN(CC)CCNC(=O)c1c(C)[nH]c(/C=C2\C(=O)N(C(=O)N[SH](=O)=O)c3ccc(F)cc32)c1C. The van der Waals surface area contributed by atoms with E-state index in [0.29, 0.717) is 40.5 Å². The molecule has 0 spiro atoms. The zero-order valence-corrected chi connectivity index (χ0v) is 20.8. The Kier molecular flexibility index (Phi) is 8.07. The number of fused-ring (bicyclic) bond motifs is 1. The number of rotatable bonds is 8. The Bertz CT molecular complexity index is 1270. The lowest BCUT2D eigenvalue weighted by Gasteiger charge is -2.18. The van der Waals surface area contributed by atoms with Crippen LogP contribution >= 0.6 is 0 Å². The molecule has 12 heteroatoms. The zero-order chi connectivity index (χ0) is 25.9. The van der Waals surface area contributed by atoms with Gasteiger partial charge in [-0.15, -0.1) is 0 Å². The molecule has 0 saturated carbocycles. The first-order valence-electron chi connectivity index (χ1n) is 11.1. The molecule has 1 aromatic carbocycles. The molecule has 188 valence electrons. The third-order valence-electron chi connectivity index (χ3n) is 5.91. The molecule has 0 aliphatic carbocycles. The smallest absolute Gasteiger partial charge is 0.342 e. The lowest BCUT2D eigenvalue weighted by Crippen LogP contribution is -2.41. The minimum Gasteiger partial charge on any atom is -0.358 e. The molecule has 0 unspecified atom stereocenters. The fraction of sp³-hybridized carbons (Fsp3) is 0.348. The Morgan fingerprint density at radius 2 is 1.89 bits per heavy atom. The van der Waals surface area contributed by atoms with Crippen LogP contribution in [-0.4, -0.2) is 62.3 Å². The summed E-state index contributed by atoms with van der Waals surface area (Å²) in [6.45, 7) is 10.5. The molecular weight excluding hydrogens is 477 g/mol. The van der Waals surface area contributed by atoms with E-state index in [1.165, 1.54) is 12.1 Å². The first-order chi connectivity index (χ1) is 16.6. The molecule has 0 saturated heterocycles. The van der Waals surface area contributed by atoms with Gasteiger partial charge in [0.1, 0.15) is 5.82 Å². The van der Waals surface area contributed by atoms with Crippen LogP contribution in [0.4, 0.5) is 14.9 Å². The molecule has 0 bridgehead atoms. The molecule has 10 nitrogen and oxygen atoms in total. The van der Waals surface area contributed by atoms with Gasteiger partial charge >= 0.3 is 6.03 Å². The monoisotopic (exact) mass is 505 g/mol. The van der Waals surface area contributed by atoms with Gasteiger partial charge in [0, 0.05) is 30.0 Å². The molecule has 1 aliphatic rings. The van der Waals surface area contributed by atoms with Crippen molar-refractivity contribution in [1.82, 2.24) is 19.9 Å². The van der Waals surface area contributed by atoms with E-state index in [2.05, 4.69) is 15.2 Å². The molecule has 2 aromatic rings. The summed E-state index contributed by atoms with van der Waals surface area (Å²) in [7, 11) is -3.30. The van der Waals surface area contributed by atoms with Crippen LogP contribution < -0.4 is 14.9 Å². The van der Waals surface area contributed by atoms with Crippen molar-refractivity contribution in [2.75, 3.05) is 31.1 Å². The number of likely N-dealkylation sites (N-methyl/N-ethyl adjacent to an activating group) is 1. The van der Waals surface area contributed by atoms with Crippen LogP contribution in [0.2, 0.25) is 0 Å². The quantitative estimate of drug-likeness (QED) is 0.320. The number of benzene rings is 1. The molecule has 0 fully saturated rings. The Morgan fingerprint density at radius 1 is 1.20 bits per heavy atom. The van der Waals surface area contributed by atoms with Crippen molar-refractivity contribution in [2.45, 2.75) is 27.7 Å². The molecule has 2 heterocycles. The second kappa shape index (κ2) is 10.8. The van der Waals surface area contributed by atoms with Crippen LogP contribution in [0.3, 0.4) is 0 Å². The summed E-state index contributed by atoms with van der Waals surface area (Å²) in [6, 6.07) is 2.21. The van der Waals surface area contributed by atoms with E-state index >= 15 is 0 Å². The van der Waals surface area contributed by atoms with Crippen LogP contribution in [-0.2, 0) is 15.7 Å². The first kappa shape index (κ1) is 26.1. The number of amides is 4. The second-order valence-electron chi connectivity index (χ2n) is 7.98. The first-order valence-corrected chi connectivity index (χ1v) is 12.3. The van der Waals surface area contributed by atoms with E-state index in [-0.39, 0.29) is 22.7 Å². The van der Waals surface area contributed by atoms with Gasteiger partial charge in [0.2, 0.25) is 10.9 Å². The maximum Gasteiger partial charge on any atom is 0.342 e. The number of imide groups is 1. The van der Waals surface area contributed by atoms with Gasteiger partial charge in [-0.25, -0.2) is 27.2 Å². The summed E-state index contributed by atoms with van der Waals surface area (Å²) >= 11 is 0. The highest BCUT2D eigenvalue weighted by molar-refractivity contribution is 7.71. The lowest BCUT2D eigenvalue weighted by atomic mass is 10.0. The van der Waals surface area contributed by atoms with Crippen molar-refractivity contribution >= 4 is 46.1 Å². The average molecular weight is 506 g/mol. The summed E-state index contributed by atoms with van der Waals surface area (Å²) in [5.74, 6) is -1.72. The topological polar surface area (TPSA) is 132 Å². The Hall–Kier alpha value is -3.51. The van der Waals surface area contributed by atoms with E-state index < -0.39 is 28.6 Å². The molecule has 35 heavy (non-hydrogen) atoms. The highest BCUT2D eigenvalue weighted by atomic mass is 32.2. The van der Waals surface area contributed by atoms with Gasteiger partial charge in [0.15, 0.2) is 0 Å². The van der Waals surface area contributed by atoms with Gasteiger partial charge in [-0.05, 0) is 56.8 Å². The maximum absolute atomic E-state index is 14.0. The zero-order valence-electron chi connectivity index (χ0n) is 19.9. The molecule has 4 amide bonds. The maximum atomic E-state index is 14.0. The van der Waals surface area contributed by atoms with E-state index in [0.717, 1.165) is 25.2 Å². The highest BCUT2D eigenvalue weighted by Crippen LogP contribution is 2.38. The normalized spacial score (nSPS) is 14.2. The van der Waals surface area contributed by atoms with Gasteiger partial charge in [0.25, 0.3) is 11.8 Å². The Labute approximate surface area is 204 Å². The van der Waals surface area contributed by atoms with E-state index in [9.17, 15) is 27.2 Å². The lowest BCUT2D eigenvalue weighted by molar-refractivity contribution is -0.112. The van der Waals surface area contributed by atoms with E-state index in [1.807, 2.05) is 13.8 Å². The number of aromatic amines is 1. The number of hydrogen-bond acceptors (Lipinski definition) is 6. The third kappa shape index (κ3) is 5.43. The van der Waals surface area contributed by atoms with Gasteiger partial charge in [0.05, 0.1) is 16.8 Å². The number of hydrogen-bond donors (Lipinski definition) is 4. The molecule has 0 radical (unpaired) electrons. The van der Waals surface area contributed by atoms with Crippen LogP contribution in [0.1, 0.15) is 46.7 Å². The Balaban J connectivity index is 1.95. The molecule has 3 N–H and O–H groups in total. The van der Waals surface area contributed by atoms with Crippen molar-refractivity contribution in [3.8, 4) is 0 Å². The summed E-state index contributed by atoms with van der Waals surface area (Å²) in [4.78, 5) is 44.2. The molecular formula is C23H28FN5O5S. The fourth-order valence-corrected chi connectivity index (χ4v) is 4.35. The number of anilines is 1. The van der Waals surface area contributed by atoms with Crippen LogP contribution in [0.5, 0.6) is 0 Å². The van der Waals surface area contributed by atoms with E-state index in [1.54, 1.807) is 18.6 Å². The fourth-order valence-electron chi connectivity index (χ4n) is 4.09. The predicted molar refractivity (Wildman–Crippen MR) is 131 cm³/mol. The average Bonchev–Trinajstić information content (AvgIpc) is 3.23. The summed E-state index contributed by atoms with van der Waals surface area (Å²) in [5, 5.41) is 2.90. The number of nitrogens with zero attached hydrogens (tertiary/aromatic N) is 2. The Morgan fingerprint density at radius 3 is 2.51 bits per heavy atom. The largest absolute Gasteiger partial charge is 0.358 e. The number of thiol groups is 1. The number of carbonyl (C=O) groups excluding carboxylic acids is 3. The van der Waals surface area contributed by atoms with Crippen LogP contribution in [0.25, 0.3) is 11.6 Å². The van der Waals surface area contributed by atoms with Crippen molar-refractivity contribution in [2.24, 2.45) is 0 Å². The number of urea groups is 1. The summed E-state index contributed by atoms with van der Waals surface area (Å²) in [6.07, 6.45) is 1.43. The molecule has 1 aromatic heterocycles. The molecule has 0 atom stereocenters. The summed E-state index contributed by atoms with van der Waals surface area (Å²) < 4.78 is 37.6. The van der Waals surface area contributed by atoms with Crippen molar-refractivity contribution < 1.29 is 27.2 Å².